The van der Waals surface area contributed by atoms with E-state index in [0.29, 0.717) is 12.3 Å². The number of anilines is 1. The van der Waals surface area contributed by atoms with Crippen LogP contribution in [0.4, 0.5) is 5.69 Å². The maximum absolute atomic E-state index is 11.0. The summed E-state index contributed by atoms with van der Waals surface area (Å²) in [6.45, 7) is 6.82. The van der Waals surface area contributed by atoms with E-state index < -0.39 is 12.1 Å². The molecule has 1 aliphatic rings. The molecule has 0 saturated carbocycles. The molecular formula is C14H19NO3. The van der Waals surface area contributed by atoms with Gasteiger partial charge in [-0.1, -0.05) is 26.8 Å². The van der Waals surface area contributed by atoms with Crippen LogP contribution in [0, 0.1) is 0 Å². The smallest absolute Gasteiger partial charge is 0.346 e. The van der Waals surface area contributed by atoms with Gasteiger partial charge >= 0.3 is 5.97 Å². The van der Waals surface area contributed by atoms with E-state index in [1.807, 2.05) is 24.1 Å². The van der Waals surface area contributed by atoms with Crippen LogP contribution in [0.25, 0.3) is 0 Å². The molecule has 0 saturated heterocycles. The van der Waals surface area contributed by atoms with E-state index in [0.717, 1.165) is 5.69 Å². The van der Waals surface area contributed by atoms with E-state index in [4.69, 9.17) is 9.84 Å². The minimum Gasteiger partial charge on any atom is -0.478 e. The predicted molar refractivity (Wildman–Crippen MR) is 70.5 cm³/mol. The second-order valence-corrected chi connectivity index (χ2v) is 5.76. The van der Waals surface area contributed by atoms with E-state index in [-0.39, 0.29) is 5.41 Å². The third-order valence-corrected chi connectivity index (χ3v) is 3.22. The third-order valence-electron chi connectivity index (χ3n) is 3.22. The Bertz CT molecular complexity index is 476. The molecule has 98 valence electrons. The summed E-state index contributed by atoms with van der Waals surface area (Å²) in [6, 6.07) is 5.94. The van der Waals surface area contributed by atoms with Crippen LogP contribution in [-0.2, 0) is 10.2 Å². The molecule has 1 aromatic rings. The van der Waals surface area contributed by atoms with Crippen LogP contribution in [0.2, 0.25) is 0 Å². The first-order valence-corrected chi connectivity index (χ1v) is 6.04. The van der Waals surface area contributed by atoms with Crippen LogP contribution in [0.5, 0.6) is 5.75 Å². The highest BCUT2D eigenvalue weighted by Crippen LogP contribution is 2.36. The first-order chi connectivity index (χ1) is 8.29. The second-order valence-electron chi connectivity index (χ2n) is 5.76. The fourth-order valence-electron chi connectivity index (χ4n) is 2.05. The largest absolute Gasteiger partial charge is 0.478 e. The number of hydrogen-bond acceptors (Lipinski definition) is 3. The van der Waals surface area contributed by atoms with Gasteiger partial charge in [-0.2, -0.15) is 0 Å². The van der Waals surface area contributed by atoms with Crippen LogP contribution in [0.1, 0.15) is 26.3 Å². The summed E-state index contributed by atoms with van der Waals surface area (Å²) in [5.41, 5.74) is 2.24. The fourth-order valence-corrected chi connectivity index (χ4v) is 2.05. The van der Waals surface area contributed by atoms with Gasteiger partial charge < -0.3 is 14.7 Å². The normalized spacial score (nSPS) is 19.1. The predicted octanol–water partition coefficient (Wildman–Crippen LogP) is 2.27. The van der Waals surface area contributed by atoms with Crippen molar-refractivity contribution >= 4 is 11.7 Å². The molecule has 0 spiro atoms. The number of rotatable bonds is 1. The molecule has 0 amide bonds. The molecule has 1 aromatic carbocycles. The first kappa shape index (κ1) is 12.7. The monoisotopic (exact) mass is 249 g/mol. The highest BCUT2D eigenvalue weighted by Gasteiger charge is 2.29. The molecular weight excluding hydrogens is 230 g/mol. The van der Waals surface area contributed by atoms with Crippen molar-refractivity contribution in [2.75, 3.05) is 18.5 Å². The topological polar surface area (TPSA) is 49.8 Å². The van der Waals surface area contributed by atoms with Crippen molar-refractivity contribution in [2.45, 2.75) is 32.3 Å². The summed E-state index contributed by atoms with van der Waals surface area (Å²) in [4.78, 5) is 12.9. The average Bonchev–Trinajstić information content (AvgIpc) is 2.27. The van der Waals surface area contributed by atoms with E-state index in [1.165, 1.54) is 5.56 Å². The van der Waals surface area contributed by atoms with Crippen molar-refractivity contribution in [3.05, 3.63) is 23.8 Å². The Kier molecular flexibility index (Phi) is 2.97. The average molecular weight is 249 g/mol. The molecule has 4 nitrogen and oxygen atoms in total. The van der Waals surface area contributed by atoms with E-state index >= 15 is 0 Å². The van der Waals surface area contributed by atoms with Crippen LogP contribution in [-0.4, -0.2) is 30.8 Å². The zero-order valence-corrected chi connectivity index (χ0v) is 11.2. The second kappa shape index (κ2) is 4.19. The molecule has 18 heavy (non-hydrogen) atoms. The lowest BCUT2D eigenvalue weighted by molar-refractivity contribution is -0.144. The quantitative estimate of drug-likeness (QED) is 0.829. The number of likely N-dealkylation sites (N-methyl/N-ethyl adjacent to an activating group) is 1. The standard InChI is InChI=1S/C14H19NO3/c1-14(2,3)9-5-6-11-10(7-9)15(4)8-12(18-11)13(16)17/h5-7,12H,8H2,1-4H3,(H,16,17). The number of hydrogen-bond donors (Lipinski definition) is 1. The molecule has 4 heteroatoms. The Morgan fingerprint density at radius 3 is 2.67 bits per heavy atom. The van der Waals surface area contributed by atoms with Crippen molar-refractivity contribution in [3.8, 4) is 5.75 Å². The number of aliphatic carboxylic acids is 1. The van der Waals surface area contributed by atoms with Crippen LogP contribution >= 0.6 is 0 Å². The Hall–Kier alpha value is -1.71. The number of benzene rings is 1. The van der Waals surface area contributed by atoms with Gasteiger partial charge in [-0.15, -0.1) is 0 Å². The minimum atomic E-state index is -0.924. The molecule has 1 N–H and O–H groups in total. The molecule has 1 heterocycles. The minimum absolute atomic E-state index is 0.0690. The lowest BCUT2D eigenvalue weighted by atomic mass is 9.86. The van der Waals surface area contributed by atoms with E-state index in [1.54, 1.807) is 0 Å². The SMILES string of the molecule is CN1CC(C(=O)O)Oc2ccc(C(C)(C)C)cc21. The first-order valence-electron chi connectivity index (χ1n) is 6.04. The van der Waals surface area contributed by atoms with Crippen molar-refractivity contribution in [1.82, 2.24) is 0 Å². The lowest BCUT2D eigenvalue weighted by Gasteiger charge is -2.33. The zero-order valence-electron chi connectivity index (χ0n) is 11.2. The van der Waals surface area contributed by atoms with Crippen LogP contribution in [0.3, 0.4) is 0 Å². The number of carboxylic acid groups (broad SMARTS) is 1. The number of ether oxygens (including phenoxy) is 1. The van der Waals surface area contributed by atoms with Gasteiger partial charge in [0.1, 0.15) is 5.75 Å². The van der Waals surface area contributed by atoms with Gasteiger partial charge in [0.15, 0.2) is 0 Å². The maximum atomic E-state index is 11.0. The van der Waals surface area contributed by atoms with Gasteiger partial charge in [-0.3, -0.25) is 0 Å². The lowest BCUT2D eigenvalue weighted by Crippen LogP contribution is -2.42. The molecule has 1 aliphatic heterocycles. The Balaban J connectivity index is 2.38. The van der Waals surface area contributed by atoms with Crippen LogP contribution in [0.15, 0.2) is 18.2 Å². The Labute approximate surface area is 107 Å². The molecule has 0 radical (unpaired) electrons. The van der Waals surface area contributed by atoms with Gasteiger partial charge in [0.25, 0.3) is 0 Å². The van der Waals surface area contributed by atoms with Crippen molar-refractivity contribution in [3.63, 3.8) is 0 Å². The molecule has 1 atom stereocenters. The van der Waals surface area contributed by atoms with Crippen molar-refractivity contribution < 1.29 is 14.6 Å². The number of carboxylic acids is 1. The zero-order chi connectivity index (χ0) is 13.5. The highest BCUT2D eigenvalue weighted by molar-refractivity contribution is 5.76. The van der Waals surface area contributed by atoms with Gasteiger partial charge in [0, 0.05) is 7.05 Å². The summed E-state index contributed by atoms with van der Waals surface area (Å²) < 4.78 is 5.49. The Morgan fingerprint density at radius 2 is 2.11 bits per heavy atom. The Morgan fingerprint density at radius 1 is 1.44 bits per heavy atom. The number of fused-ring (bicyclic) bond motifs is 1. The van der Waals surface area contributed by atoms with E-state index in [9.17, 15) is 4.79 Å². The van der Waals surface area contributed by atoms with Gasteiger partial charge in [0.2, 0.25) is 6.10 Å². The van der Waals surface area contributed by atoms with Gasteiger partial charge in [-0.05, 0) is 23.1 Å². The van der Waals surface area contributed by atoms with Crippen molar-refractivity contribution in [1.29, 1.82) is 0 Å². The highest BCUT2D eigenvalue weighted by atomic mass is 16.5. The summed E-state index contributed by atoms with van der Waals surface area (Å²) in [5.74, 6) is -0.281. The summed E-state index contributed by atoms with van der Waals surface area (Å²) >= 11 is 0. The summed E-state index contributed by atoms with van der Waals surface area (Å²) in [6.07, 6.45) is -0.789. The fraction of sp³-hybridized carbons (Fsp3) is 0.500. The maximum Gasteiger partial charge on any atom is 0.346 e. The molecule has 0 aliphatic carbocycles. The molecule has 0 fully saturated rings. The number of carbonyl (C=O) groups is 1. The van der Waals surface area contributed by atoms with Gasteiger partial charge in [-0.25, -0.2) is 4.79 Å². The molecule has 0 aromatic heterocycles. The third kappa shape index (κ3) is 2.28. The van der Waals surface area contributed by atoms with E-state index in [2.05, 4.69) is 26.8 Å². The molecule has 2 rings (SSSR count). The van der Waals surface area contributed by atoms with Crippen LogP contribution < -0.4 is 9.64 Å². The summed E-state index contributed by atoms with van der Waals surface area (Å²) in [7, 11) is 1.89. The van der Waals surface area contributed by atoms with Gasteiger partial charge in [0.05, 0.1) is 12.2 Å². The molecule has 0 bridgehead atoms. The summed E-state index contributed by atoms with van der Waals surface area (Å²) in [5, 5.41) is 9.01. The molecule has 1 unspecified atom stereocenters. The number of nitrogens with zero attached hydrogens (tertiary/aromatic N) is 1. The van der Waals surface area contributed by atoms with Crippen molar-refractivity contribution in [2.24, 2.45) is 0 Å².